The SMILES string of the molecule is NS(=O)(=O)c1ccccc1NC(=O)C1Cc2ccccc21. The highest BCUT2D eigenvalue weighted by Crippen LogP contribution is 2.36. The fourth-order valence-corrected chi connectivity index (χ4v) is 3.22. The van der Waals surface area contributed by atoms with E-state index in [1.807, 2.05) is 24.3 Å². The standard InChI is InChI=1S/C15H14N2O3S/c16-21(19,20)14-8-4-3-7-13(14)17-15(18)12-9-10-5-1-2-6-11(10)12/h1-8,12H,9H2,(H,17,18)(H2,16,19,20). The van der Waals surface area contributed by atoms with E-state index in [4.69, 9.17) is 5.14 Å². The van der Waals surface area contributed by atoms with Gasteiger partial charge in [0.15, 0.2) is 0 Å². The molecule has 1 amide bonds. The Morgan fingerprint density at radius 3 is 2.48 bits per heavy atom. The van der Waals surface area contributed by atoms with Crippen molar-refractivity contribution < 1.29 is 13.2 Å². The molecule has 0 saturated carbocycles. The van der Waals surface area contributed by atoms with Crippen molar-refractivity contribution in [2.45, 2.75) is 17.2 Å². The van der Waals surface area contributed by atoms with Gasteiger partial charge in [-0.15, -0.1) is 0 Å². The van der Waals surface area contributed by atoms with Gasteiger partial charge in [0.25, 0.3) is 0 Å². The topological polar surface area (TPSA) is 89.3 Å². The van der Waals surface area contributed by atoms with E-state index in [1.165, 1.54) is 12.1 Å². The molecule has 0 bridgehead atoms. The molecule has 1 aliphatic rings. The van der Waals surface area contributed by atoms with Gasteiger partial charge in [0.05, 0.1) is 11.6 Å². The van der Waals surface area contributed by atoms with Crippen LogP contribution in [0.3, 0.4) is 0 Å². The third-order valence-electron chi connectivity index (χ3n) is 3.62. The van der Waals surface area contributed by atoms with Crippen molar-refractivity contribution in [2.24, 2.45) is 5.14 Å². The van der Waals surface area contributed by atoms with Gasteiger partial charge in [-0.25, -0.2) is 13.6 Å². The van der Waals surface area contributed by atoms with Crippen LogP contribution in [-0.4, -0.2) is 14.3 Å². The number of hydrogen-bond donors (Lipinski definition) is 2. The molecular weight excluding hydrogens is 288 g/mol. The molecule has 0 saturated heterocycles. The minimum Gasteiger partial charge on any atom is -0.324 e. The molecule has 3 rings (SSSR count). The van der Waals surface area contributed by atoms with Gasteiger partial charge in [-0.2, -0.15) is 0 Å². The number of anilines is 1. The number of hydrogen-bond acceptors (Lipinski definition) is 3. The average Bonchev–Trinajstić information content (AvgIpc) is 2.39. The van der Waals surface area contributed by atoms with Gasteiger partial charge in [0.2, 0.25) is 15.9 Å². The first kappa shape index (κ1) is 13.8. The van der Waals surface area contributed by atoms with Gasteiger partial charge >= 0.3 is 0 Å². The number of nitrogens with one attached hydrogen (secondary N) is 1. The Kier molecular flexibility index (Phi) is 3.27. The molecule has 0 aliphatic heterocycles. The van der Waals surface area contributed by atoms with Crippen LogP contribution in [0, 0.1) is 0 Å². The second-order valence-corrected chi connectivity index (χ2v) is 6.52. The molecule has 5 nitrogen and oxygen atoms in total. The maximum absolute atomic E-state index is 12.3. The summed E-state index contributed by atoms with van der Waals surface area (Å²) in [5.41, 5.74) is 2.36. The number of amides is 1. The lowest BCUT2D eigenvalue weighted by molar-refractivity contribution is -0.118. The smallest absolute Gasteiger partial charge is 0.240 e. The normalized spacial score (nSPS) is 16.7. The Morgan fingerprint density at radius 1 is 1.10 bits per heavy atom. The molecule has 0 aromatic heterocycles. The van der Waals surface area contributed by atoms with Crippen molar-refractivity contribution >= 4 is 21.6 Å². The lowest BCUT2D eigenvalue weighted by Gasteiger charge is -2.29. The minimum atomic E-state index is -3.87. The molecule has 2 aromatic carbocycles. The summed E-state index contributed by atoms with van der Waals surface area (Å²) in [6.07, 6.45) is 0.666. The second kappa shape index (κ2) is 4.98. The zero-order chi connectivity index (χ0) is 15.0. The Bertz CT molecular complexity index is 815. The third kappa shape index (κ3) is 2.55. The van der Waals surface area contributed by atoms with Crippen LogP contribution in [0.1, 0.15) is 17.0 Å². The van der Waals surface area contributed by atoms with Crippen molar-refractivity contribution in [2.75, 3.05) is 5.32 Å². The Labute approximate surface area is 122 Å². The van der Waals surface area contributed by atoms with Crippen molar-refractivity contribution in [3.63, 3.8) is 0 Å². The van der Waals surface area contributed by atoms with E-state index in [1.54, 1.807) is 12.1 Å². The van der Waals surface area contributed by atoms with Gasteiger partial charge in [-0.05, 0) is 29.7 Å². The summed E-state index contributed by atoms with van der Waals surface area (Å²) in [5, 5.41) is 7.82. The summed E-state index contributed by atoms with van der Waals surface area (Å²) >= 11 is 0. The van der Waals surface area contributed by atoms with Gasteiger partial charge in [-0.1, -0.05) is 36.4 Å². The number of fused-ring (bicyclic) bond motifs is 1. The van der Waals surface area contributed by atoms with Gasteiger partial charge in [0.1, 0.15) is 4.90 Å². The highest BCUT2D eigenvalue weighted by molar-refractivity contribution is 7.89. The number of benzene rings is 2. The Hall–Kier alpha value is -2.18. The molecule has 0 fully saturated rings. The summed E-state index contributed by atoms with van der Waals surface area (Å²) in [4.78, 5) is 12.2. The molecule has 0 heterocycles. The zero-order valence-corrected chi connectivity index (χ0v) is 11.9. The zero-order valence-electron chi connectivity index (χ0n) is 11.1. The number of sulfonamides is 1. The number of carbonyl (C=O) groups is 1. The van der Waals surface area contributed by atoms with Crippen molar-refractivity contribution in [3.05, 3.63) is 59.7 Å². The van der Waals surface area contributed by atoms with Gasteiger partial charge in [-0.3, -0.25) is 4.79 Å². The molecular formula is C15H14N2O3S. The highest BCUT2D eigenvalue weighted by Gasteiger charge is 2.32. The fraction of sp³-hybridized carbons (Fsp3) is 0.133. The molecule has 3 N–H and O–H groups in total. The second-order valence-electron chi connectivity index (χ2n) is 4.99. The number of nitrogens with two attached hydrogens (primary N) is 1. The fourth-order valence-electron chi connectivity index (χ4n) is 2.53. The van der Waals surface area contributed by atoms with Crippen LogP contribution in [0.2, 0.25) is 0 Å². The lowest BCUT2D eigenvalue weighted by Crippen LogP contribution is -2.30. The van der Waals surface area contributed by atoms with Crippen LogP contribution >= 0.6 is 0 Å². The summed E-state index contributed by atoms with van der Waals surface area (Å²) in [6.45, 7) is 0. The molecule has 0 spiro atoms. The first-order valence-corrected chi connectivity index (χ1v) is 8.02. The largest absolute Gasteiger partial charge is 0.324 e. The van der Waals surface area contributed by atoms with Crippen LogP contribution in [0.15, 0.2) is 53.4 Å². The lowest BCUT2D eigenvalue weighted by atomic mass is 9.77. The van der Waals surface area contributed by atoms with E-state index in [9.17, 15) is 13.2 Å². The van der Waals surface area contributed by atoms with Crippen LogP contribution in [-0.2, 0) is 21.2 Å². The maximum atomic E-state index is 12.3. The quantitative estimate of drug-likeness (QED) is 0.902. The highest BCUT2D eigenvalue weighted by atomic mass is 32.2. The predicted molar refractivity (Wildman–Crippen MR) is 79.3 cm³/mol. The van der Waals surface area contributed by atoms with Gasteiger partial charge in [0, 0.05) is 0 Å². The van der Waals surface area contributed by atoms with E-state index in [-0.39, 0.29) is 22.4 Å². The molecule has 1 atom stereocenters. The number of rotatable bonds is 3. The van der Waals surface area contributed by atoms with Crippen LogP contribution < -0.4 is 10.5 Å². The molecule has 6 heteroatoms. The molecule has 108 valence electrons. The predicted octanol–water partition coefficient (Wildman–Crippen LogP) is 1.61. The van der Waals surface area contributed by atoms with Crippen LogP contribution in [0.4, 0.5) is 5.69 Å². The summed E-state index contributed by atoms with van der Waals surface area (Å²) in [6, 6.07) is 13.8. The van der Waals surface area contributed by atoms with E-state index in [0.717, 1.165) is 11.1 Å². The van der Waals surface area contributed by atoms with Crippen molar-refractivity contribution in [1.29, 1.82) is 0 Å². The van der Waals surface area contributed by atoms with E-state index < -0.39 is 10.0 Å². The van der Waals surface area contributed by atoms with Crippen LogP contribution in [0.25, 0.3) is 0 Å². The number of primary sulfonamides is 1. The summed E-state index contributed by atoms with van der Waals surface area (Å²) in [7, 11) is -3.87. The van der Waals surface area contributed by atoms with E-state index in [2.05, 4.69) is 5.32 Å². The molecule has 1 unspecified atom stereocenters. The number of carbonyl (C=O) groups excluding carboxylic acids is 1. The molecule has 2 aromatic rings. The average molecular weight is 302 g/mol. The summed E-state index contributed by atoms with van der Waals surface area (Å²) < 4.78 is 23.0. The monoisotopic (exact) mass is 302 g/mol. The van der Waals surface area contributed by atoms with Crippen molar-refractivity contribution in [1.82, 2.24) is 0 Å². The third-order valence-corrected chi connectivity index (χ3v) is 4.59. The first-order chi connectivity index (χ1) is 9.97. The molecule has 1 aliphatic carbocycles. The van der Waals surface area contributed by atoms with E-state index in [0.29, 0.717) is 6.42 Å². The summed E-state index contributed by atoms with van der Waals surface area (Å²) in [5.74, 6) is -0.459. The van der Waals surface area contributed by atoms with E-state index >= 15 is 0 Å². The van der Waals surface area contributed by atoms with Gasteiger partial charge < -0.3 is 5.32 Å². The maximum Gasteiger partial charge on any atom is 0.240 e. The van der Waals surface area contributed by atoms with Crippen molar-refractivity contribution in [3.8, 4) is 0 Å². The molecule has 0 radical (unpaired) electrons. The Balaban J connectivity index is 1.85. The minimum absolute atomic E-state index is 0.0778. The Morgan fingerprint density at radius 2 is 1.76 bits per heavy atom. The molecule has 21 heavy (non-hydrogen) atoms. The number of para-hydroxylation sites is 1. The first-order valence-electron chi connectivity index (χ1n) is 6.47. The van der Waals surface area contributed by atoms with Crippen LogP contribution in [0.5, 0.6) is 0 Å².